The van der Waals surface area contributed by atoms with E-state index in [0.717, 1.165) is 24.8 Å². The standard InChI is InChI=1S/C28H30ClN3O4S/c1-35-22-6-3-7-23(15-22)36-18-25-24-11-13-37-26(24)10-12-32(25)27(33)17-31(16-19-8-9-19)28(34)30-21-5-2-4-20(29)14-21/h2-7,11,13-15,19,25H,8-10,12,16-18H2,1H3,(H,30,34). The minimum Gasteiger partial charge on any atom is -0.497 e. The summed E-state index contributed by atoms with van der Waals surface area (Å²) >= 11 is 7.79. The first-order valence-electron chi connectivity index (χ1n) is 12.4. The van der Waals surface area contributed by atoms with Crippen LogP contribution in [0.15, 0.2) is 60.0 Å². The molecule has 0 spiro atoms. The fourth-order valence-electron chi connectivity index (χ4n) is 4.59. The number of nitrogens with zero attached hydrogens (tertiary/aromatic N) is 2. The van der Waals surface area contributed by atoms with E-state index in [2.05, 4.69) is 16.8 Å². The van der Waals surface area contributed by atoms with Crippen LogP contribution in [0.5, 0.6) is 11.5 Å². The predicted octanol–water partition coefficient (Wildman–Crippen LogP) is 5.86. The van der Waals surface area contributed by atoms with Gasteiger partial charge in [-0.3, -0.25) is 4.79 Å². The third-order valence-corrected chi connectivity index (χ3v) is 7.96. The highest BCUT2D eigenvalue weighted by molar-refractivity contribution is 7.10. The molecule has 0 bridgehead atoms. The zero-order valence-corrected chi connectivity index (χ0v) is 22.3. The molecule has 1 N–H and O–H groups in total. The van der Waals surface area contributed by atoms with Gasteiger partial charge in [-0.15, -0.1) is 11.3 Å². The van der Waals surface area contributed by atoms with Gasteiger partial charge in [0.25, 0.3) is 0 Å². The summed E-state index contributed by atoms with van der Waals surface area (Å²) in [6.07, 6.45) is 2.95. The third-order valence-electron chi connectivity index (χ3n) is 6.73. The molecule has 0 saturated heterocycles. The van der Waals surface area contributed by atoms with Crippen LogP contribution in [0, 0.1) is 5.92 Å². The van der Waals surface area contributed by atoms with Crippen molar-refractivity contribution in [1.29, 1.82) is 0 Å². The summed E-state index contributed by atoms with van der Waals surface area (Å²) in [5.74, 6) is 1.75. The second kappa shape index (κ2) is 11.4. The Labute approximate surface area is 225 Å². The average Bonchev–Trinajstić information content (AvgIpc) is 3.59. The molecule has 194 valence electrons. The Morgan fingerprint density at radius 1 is 1.14 bits per heavy atom. The lowest BCUT2D eigenvalue weighted by atomic mass is 10.0. The first-order valence-corrected chi connectivity index (χ1v) is 13.7. The van der Waals surface area contributed by atoms with E-state index >= 15 is 0 Å². The molecule has 1 saturated carbocycles. The molecule has 1 aliphatic carbocycles. The monoisotopic (exact) mass is 539 g/mol. The number of fused-ring (bicyclic) bond motifs is 1. The van der Waals surface area contributed by atoms with Gasteiger partial charge in [0.15, 0.2) is 0 Å². The van der Waals surface area contributed by atoms with E-state index in [0.29, 0.717) is 47.8 Å². The van der Waals surface area contributed by atoms with Crippen molar-refractivity contribution in [1.82, 2.24) is 9.80 Å². The topological polar surface area (TPSA) is 71.1 Å². The molecule has 2 aromatic carbocycles. The normalized spacial score (nSPS) is 16.6. The van der Waals surface area contributed by atoms with Gasteiger partial charge >= 0.3 is 6.03 Å². The van der Waals surface area contributed by atoms with Gasteiger partial charge in [0.2, 0.25) is 5.91 Å². The van der Waals surface area contributed by atoms with Gasteiger partial charge in [-0.1, -0.05) is 23.7 Å². The number of rotatable bonds is 9. The maximum Gasteiger partial charge on any atom is 0.322 e. The number of thiophene rings is 1. The molecule has 2 heterocycles. The van der Waals surface area contributed by atoms with Crippen LogP contribution < -0.4 is 14.8 Å². The van der Waals surface area contributed by atoms with Crippen LogP contribution in [0.25, 0.3) is 0 Å². The number of benzene rings is 2. The summed E-state index contributed by atoms with van der Waals surface area (Å²) in [4.78, 5) is 31.6. The number of methoxy groups -OCH3 is 1. The summed E-state index contributed by atoms with van der Waals surface area (Å²) in [6.45, 7) is 1.48. The molecule has 7 nitrogen and oxygen atoms in total. The smallest absolute Gasteiger partial charge is 0.322 e. The molecular weight excluding hydrogens is 510 g/mol. The van der Waals surface area contributed by atoms with Gasteiger partial charge in [-0.25, -0.2) is 4.79 Å². The fourth-order valence-corrected chi connectivity index (χ4v) is 5.71. The van der Waals surface area contributed by atoms with Gasteiger partial charge in [0, 0.05) is 34.7 Å². The molecule has 1 unspecified atom stereocenters. The number of halogens is 1. The number of carbonyl (C=O) groups excluding carboxylic acids is 2. The highest BCUT2D eigenvalue weighted by Crippen LogP contribution is 2.35. The Balaban J connectivity index is 1.30. The SMILES string of the molecule is COc1cccc(OCC2c3ccsc3CCN2C(=O)CN(CC2CC2)C(=O)Nc2cccc(Cl)c2)c1. The Morgan fingerprint density at radius 3 is 2.73 bits per heavy atom. The van der Waals surface area contributed by atoms with E-state index in [9.17, 15) is 9.59 Å². The van der Waals surface area contributed by atoms with Crippen molar-refractivity contribution in [3.05, 3.63) is 75.4 Å². The minimum atomic E-state index is -0.292. The lowest BCUT2D eigenvalue weighted by molar-refractivity contribution is -0.135. The number of hydrogen-bond donors (Lipinski definition) is 1. The molecule has 1 aromatic heterocycles. The number of ether oxygens (including phenoxy) is 2. The minimum absolute atomic E-state index is 0.0119. The Morgan fingerprint density at radius 2 is 1.95 bits per heavy atom. The van der Waals surface area contributed by atoms with Crippen LogP contribution in [-0.4, -0.2) is 55.1 Å². The summed E-state index contributed by atoms with van der Waals surface area (Å²) in [5, 5.41) is 5.51. The second-order valence-corrected chi connectivity index (χ2v) is 10.8. The molecule has 1 atom stereocenters. The van der Waals surface area contributed by atoms with E-state index in [1.54, 1.807) is 47.6 Å². The average molecular weight is 540 g/mol. The Hall–Kier alpha value is -3.23. The molecule has 3 amide bonds. The summed E-state index contributed by atoms with van der Waals surface area (Å²) in [7, 11) is 1.62. The van der Waals surface area contributed by atoms with Crippen molar-refractivity contribution in [2.24, 2.45) is 5.92 Å². The first-order chi connectivity index (χ1) is 18.0. The first kappa shape index (κ1) is 25.4. The van der Waals surface area contributed by atoms with Crippen molar-refractivity contribution in [3.8, 4) is 11.5 Å². The van der Waals surface area contributed by atoms with Crippen molar-refractivity contribution in [2.75, 3.05) is 38.7 Å². The van der Waals surface area contributed by atoms with Crippen molar-refractivity contribution < 1.29 is 19.1 Å². The zero-order chi connectivity index (χ0) is 25.8. The van der Waals surface area contributed by atoms with Crippen LogP contribution >= 0.6 is 22.9 Å². The van der Waals surface area contributed by atoms with Crippen LogP contribution in [0.3, 0.4) is 0 Å². The highest BCUT2D eigenvalue weighted by Gasteiger charge is 2.35. The summed E-state index contributed by atoms with van der Waals surface area (Å²) < 4.78 is 11.4. The van der Waals surface area contributed by atoms with Gasteiger partial charge in [-0.05, 0) is 72.5 Å². The maximum atomic E-state index is 13.7. The predicted molar refractivity (Wildman–Crippen MR) is 146 cm³/mol. The van der Waals surface area contributed by atoms with Crippen LogP contribution in [0.4, 0.5) is 10.5 Å². The second-order valence-electron chi connectivity index (χ2n) is 9.41. The molecule has 37 heavy (non-hydrogen) atoms. The molecule has 0 radical (unpaired) electrons. The van der Waals surface area contributed by atoms with Crippen molar-refractivity contribution in [2.45, 2.75) is 25.3 Å². The number of urea groups is 1. The van der Waals surface area contributed by atoms with Crippen molar-refractivity contribution in [3.63, 3.8) is 0 Å². The van der Waals surface area contributed by atoms with Crippen LogP contribution in [0.2, 0.25) is 5.02 Å². The highest BCUT2D eigenvalue weighted by atomic mass is 35.5. The molecular formula is C28H30ClN3O4S. The molecule has 5 rings (SSSR count). The van der Waals surface area contributed by atoms with E-state index in [4.69, 9.17) is 21.1 Å². The number of anilines is 1. The Bertz CT molecular complexity index is 1260. The molecule has 1 aliphatic heterocycles. The van der Waals surface area contributed by atoms with Crippen LogP contribution in [-0.2, 0) is 11.2 Å². The number of carbonyl (C=O) groups is 2. The van der Waals surface area contributed by atoms with E-state index in [1.807, 2.05) is 29.2 Å². The zero-order valence-electron chi connectivity index (χ0n) is 20.7. The van der Waals surface area contributed by atoms with E-state index < -0.39 is 0 Å². The Kier molecular flexibility index (Phi) is 7.86. The quantitative estimate of drug-likeness (QED) is 0.370. The van der Waals surface area contributed by atoms with Gasteiger partial charge in [0.1, 0.15) is 24.7 Å². The lowest BCUT2D eigenvalue weighted by Crippen LogP contribution is -2.49. The van der Waals surface area contributed by atoms with Gasteiger partial charge in [0.05, 0.1) is 13.2 Å². The number of amides is 3. The maximum absolute atomic E-state index is 13.7. The molecule has 2 aliphatic rings. The van der Waals surface area contributed by atoms with Crippen LogP contribution in [0.1, 0.15) is 29.3 Å². The van der Waals surface area contributed by atoms with Crippen molar-refractivity contribution >= 4 is 40.6 Å². The largest absolute Gasteiger partial charge is 0.497 e. The van der Waals surface area contributed by atoms with Gasteiger partial charge < -0.3 is 24.6 Å². The summed E-state index contributed by atoms with van der Waals surface area (Å²) in [5.41, 5.74) is 1.72. The number of nitrogens with one attached hydrogen (secondary N) is 1. The number of hydrogen-bond acceptors (Lipinski definition) is 5. The molecule has 1 fully saturated rings. The molecule has 3 aromatic rings. The lowest BCUT2D eigenvalue weighted by Gasteiger charge is -2.37. The fraction of sp³-hybridized carbons (Fsp3) is 0.357. The van der Waals surface area contributed by atoms with Gasteiger partial charge in [-0.2, -0.15) is 0 Å². The third kappa shape index (κ3) is 6.37. The van der Waals surface area contributed by atoms with E-state index in [-0.39, 0.29) is 24.5 Å². The summed E-state index contributed by atoms with van der Waals surface area (Å²) in [6, 6.07) is 16.0. The van der Waals surface area contributed by atoms with E-state index in [1.165, 1.54) is 4.88 Å². The molecule has 9 heteroatoms.